The molecule has 3 saturated heterocycles. The molecule has 3 aliphatic heterocycles. The van der Waals surface area contributed by atoms with Crippen LogP contribution < -0.4 is 10.9 Å². The van der Waals surface area contributed by atoms with Crippen LogP contribution in [0.5, 0.6) is 0 Å². The molecule has 5 nitrogen and oxygen atoms in total. The summed E-state index contributed by atoms with van der Waals surface area (Å²) in [5.74, 6) is 0.673. The highest BCUT2D eigenvalue weighted by Gasteiger charge is 2.34. The van der Waals surface area contributed by atoms with Crippen molar-refractivity contribution in [1.29, 1.82) is 0 Å². The Bertz CT molecular complexity index is 563. The molecule has 4 rings (SSSR count). The summed E-state index contributed by atoms with van der Waals surface area (Å²) < 4.78 is 1.32. The van der Waals surface area contributed by atoms with Crippen LogP contribution in [0.15, 0.2) is 23.6 Å². The van der Waals surface area contributed by atoms with Gasteiger partial charge in [-0.25, -0.2) is 4.68 Å². The second-order valence-corrected chi connectivity index (χ2v) is 5.91. The van der Waals surface area contributed by atoms with Crippen LogP contribution in [0.2, 0.25) is 5.02 Å². The number of piperidine rings is 3. The van der Waals surface area contributed by atoms with Crippen molar-refractivity contribution in [3.05, 3.63) is 34.2 Å². The van der Waals surface area contributed by atoms with Gasteiger partial charge in [0.15, 0.2) is 0 Å². The third-order valence-electron chi connectivity index (χ3n) is 4.28. The number of rotatable bonds is 4. The van der Waals surface area contributed by atoms with E-state index in [-0.39, 0.29) is 10.6 Å². The third kappa shape index (κ3) is 2.47. The van der Waals surface area contributed by atoms with E-state index in [1.807, 2.05) is 0 Å². The van der Waals surface area contributed by atoms with Crippen LogP contribution in [-0.4, -0.2) is 40.4 Å². The highest BCUT2D eigenvalue weighted by Crippen LogP contribution is 2.30. The monoisotopic (exact) mass is 294 g/mol. The Morgan fingerprint density at radius 3 is 2.85 bits per heavy atom. The van der Waals surface area contributed by atoms with E-state index in [0.29, 0.717) is 24.2 Å². The van der Waals surface area contributed by atoms with Gasteiger partial charge in [0, 0.05) is 12.6 Å². The molecule has 0 radical (unpaired) electrons. The van der Waals surface area contributed by atoms with Crippen molar-refractivity contribution in [1.82, 2.24) is 14.7 Å². The molecule has 108 valence electrons. The quantitative estimate of drug-likeness (QED) is 0.857. The number of halogens is 1. The number of aromatic nitrogens is 2. The van der Waals surface area contributed by atoms with E-state index >= 15 is 0 Å². The fraction of sp³-hybridized carbons (Fsp3) is 0.571. The fourth-order valence-corrected chi connectivity index (χ4v) is 3.35. The zero-order valence-electron chi connectivity index (χ0n) is 11.4. The topological polar surface area (TPSA) is 50.2 Å². The molecule has 0 aliphatic carbocycles. The lowest BCUT2D eigenvalue weighted by Crippen LogP contribution is -2.53. The minimum Gasteiger partial charge on any atom is -0.378 e. The molecule has 1 atom stereocenters. The number of nitrogens with zero attached hydrogens (tertiary/aromatic N) is 3. The van der Waals surface area contributed by atoms with Gasteiger partial charge in [-0.05, 0) is 31.8 Å². The summed E-state index contributed by atoms with van der Waals surface area (Å²) in [6.45, 7) is 7.38. The second kappa shape index (κ2) is 5.58. The molecule has 3 aliphatic rings. The van der Waals surface area contributed by atoms with Crippen LogP contribution in [-0.2, 0) is 6.54 Å². The summed E-state index contributed by atoms with van der Waals surface area (Å²) in [6.07, 6.45) is 5.71. The summed E-state index contributed by atoms with van der Waals surface area (Å²) in [7, 11) is 0. The van der Waals surface area contributed by atoms with E-state index in [1.54, 1.807) is 12.3 Å². The van der Waals surface area contributed by atoms with Gasteiger partial charge in [-0.3, -0.25) is 4.79 Å². The number of hydrogen-bond acceptors (Lipinski definition) is 4. The summed E-state index contributed by atoms with van der Waals surface area (Å²) in [5, 5.41) is 7.76. The van der Waals surface area contributed by atoms with Crippen molar-refractivity contribution in [2.24, 2.45) is 5.92 Å². The molecule has 6 heteroatoms. The van der Waals surface area contributed by atoms with Gasteiger partial charge in [-0.1, -0.05) is 17.7 Å². The van der Waals surface area contributed by atoms with E-state index in [0.717, 1.165) is 6.54 Å². The van der Waals surface area contributed by atoms with Crippen molar-refractivity contribution >= 4 is 17.3 Å². The minimum absolute atomic E-state index is 0.221. The number of anilines is 1. The largest absolute Gasteiger partial charge is 0.378 e. The van der Waals surface area contributed by atoms with Crippen LogP contribution >= 0.6 is 11.6 Å². The first kappa shape index (κ1) is 13.6. The number of nitrogens with one attached hydrogen (secondary N) is 1. The Morgan fingerprint density at radius 1 is 1.50 bits per heavy atom. The maximum Gasteiger partial charge on any atom is 0.287 e. The Morgan fingerprint density at radius 2 is 2.25 bits per heavy atom. The maximum absolute atomic E-state index is 12.1. The Labute approximate surface area is 123 Å². The SMILES string of the molecule is C=CCn1ncc(NC2CN3CCC2CC3)c(Cl)c1=O. The van der Waals surface area contributed by atoms with Crippen molar-refractivity contribution in [2.45, 2.75) is 25.4 Å². The highest BCUT2D eigenvalue weighted by molar-refractivity contribution is 6.32. The van der Waals surface area contributed by atoms with Crippen LogP contribution in [0.1, 0.15) is 12.8 Å². The summed E-state index contributed by atoms with van der Waals surface area (Å²) in [4.78, 5) is 14.5. The zero-order valence-corrected chi connectivity index (χ0v) is 12.1. The molecule has 1 N–H and O–H groups in total. The van der Waals surface area contributed by atoms with Crippen molar-refractivity contribution < 1.29 is 0 Å². The van der Waals surface area contributed by atoms with E-state index in [9.17, 15) is 4.79 Å². The Hall–Kier alpha value is -1.33. The molecule has 3 fully saturated rings. The molecular formula is C14H19ClN4O. The zero-order chi connectivity index (χ0) is 14.1. The van der Waals surface area contributed by atoms with Gasteiger partial charge in [-0.15, -0.1) is 6.58 Å². The molecule has 0 spiro atoms. The maximum atomic E-state index is 12.1. The van der Waals surface area contributed by atoms with E-state index in [1.165, 1.54) is 30.6 Å². The van der Waals surface area contributed by atoms with Gasteiger partial charge in [0.1, 0.15) is 5.02 Å². The molecular weight excluding hydrogens is 276 g/mol. The van der Waals surface area contributed by atoms with Crippen molar-refractivity contribution in [3.8, 4) is 0 Å². The molecule has 0 aromatic carbocycles. The Balaban J connectivity index is 1.79. The van der Waals surface area contributed by atoms with Crippen LogP contribution in [0.4, 0.5) is 5.69 Å². The lowest BCUT2D eigenvalue weighted by atomic mass is 9.84. The first-order chi connectivity index (χ1) is 9.69. The standard InChI is InChI=1S/C14H19ClN4O/c1-2-5-19-14(20)13(15)11(8-16-19)17-12-9-18-6-3-10(12)4-7-18/h2,8,10,12,17H,1,3-7,9H2. The molecule has 1 unspecified atom stereocenters. The molecule has 20 heavy (non-hydrogen) atoms. The summed E-state index contributed by atoms with van der Waals surface area (Å²) in [5.41, 5.74) is 0.383. The Kier molecular flexibility index (Phi) is 3.81. The second-order valence-electron chi connectivity index (χ2n) is 5.54. The van der Waals surface area contributed by atoms with E-state index in [4.69, 9.17) is 11.6 Å². The fourth-order valence-electron chi connectivity index (χ4n) is 3.15. The lowest BCUT2D eigenvalue weighted by Gasteiger charge is -2.45. The first-order valence-electron chi connectivity index (χ1n) is 7.04. The van der Waals surface area contributed by atoms with E-state index in [2.05, 4.69) is 21.9 Å². The molecule has 0 saturated carbocycles. The van der Waals surface area contributed by atoms with Gasteiger partial charge in [0.05, 0.1) is 18.4 Å². The van der Waals surface area contributed by atoms with Crippen LogP contribution in [0, 0.1) is 5.92 Å². The third-order valence-corrected chi connectivity index (χ3v) is 4.65. The number of hydrogen-bond donors (Lipinski definition) is 1. The first-order valence-corrected chi connectivity index (χ1v) is 7.42. The highest BCUT2D eigenvalue weighted by atomic mass is 35.5. The average Bonchev–Trinajstić information content (AvgIpc) is 2.48. The average molecular weight is 295 g/mol. The predicted molar refractivity (Wildman–Crippen MR) is 80.3 cm³/mol. The van der Waals surface area contributed by atoms with Crippen LogP contribution in [0.25, 0.3) is 0 Å². The number of allylic oxidation sites excluding steroid dienone is 1. The lowest BCUT2D eigenvalue weighted by molar-refractivity contribution is 0.0975. The molecule has 0 amide bonds. The van der Waals surface area contributed by atoms with Crippen molar-refractivity contribution in [3.63, 3.8) is 0 Å². The van der Waals surface area contributed by atoms with Gasteiger partial charge in [-0.2, -0.15) is 5.10 Å². The van der Waals surface area contributed by atoms with Gasteiger partial charge < -0.3 is 10.2 Å². The van der Waals surface area contributed by atoms with Crippen LogP contribution in [0.3, 0.4) is 0 Å². The van der Waals surface area contributed by atoms with Crippen molar-refractivity contribution in [2.75, 3.05) is 25.0 Å². The molecule has 1 aromatic heterocycles. The van der Waals surface area contributed by atoms with Gasteiger partial charge in [0.2, 0.25) is 0 Å². The normalized spacial score (nSPS) is 28.4. The van der Waals surface area contributed by atoms with Gasteiger partial charge in [0.25, 0.3) is 5.56 Å². The molecule has 4 heterocycles. The molecule has 1 aromatic rings. The summed E-state index contributed by atoms with van der Waals surface area (Å²) >= 11 is 6.17. The predicted octanol–water partition coefficient (Wildman–Crippen LogP) is 1.59. The number of fused-ring (bicyclic) bond motifs is 3. The smallest absolute Gasteiger partial charge is 0.287 e. The summed E-state index contributed by atoms with van der Waals surface area (Å²) in [6, 6.07) is 0.367. The van der Waals surface area contributed by atoms with Gasteiger partial charge >= 0.3 is 0 Å². The minimum atomic E-state index is -0.266. The molecule has 2 bridgehead atoms. The van der Waals surface area contributed by atoms with E-state index < -0.39 is 0 Å².